The zero-order valence-corrected chi connectivity index (χ0v) is 17.4. The normalized spacial score (nSPS) is 14.0. The Bertz CT molecular complexity index is 1070. The highest BCUT2D eigenvalue weighted by Gasteiger charge is 2.30. The zero-order valence-electron chi connectivity index (χ0n) is 16.6. The van der Waals surface area contributed by atoms with E-state index in [-0.39, 0.29) is 17.5 Å². The lowest BCUT2D eigenvalue weighted by molar-refractivity contribution is -0.117. The van der Waals surface area contributed by atoms with Crippen LogP contribution in [0.2, 0.25) is 0 Å². The molecule has 30 heavy (non-hydrogen) atoms. The second-order valence-corrected chi connectivity index (χ2v) is 8.61. The van der Waals surface area contributed by atoms with E-state index in [0.29, 0.717) is 18.8 Å². The summed E-state index contributed by atoms with van der Waals surface area (Å²) in [5.74, 6) is -1.09. The molecule has 1 saturated heterocycles. The van der Waals surface area contributed by atoms with Crippen molar-refractivity contribution in [2.24, 2.45) is 0 Å². The van der Waals surface area contributed by atoms with Gasteiger partial charge in [-0.2, -0.15) is 0 Å². The molecule has 2 aromatic carbocycles. The monoisotopic (exact) mass is 430 g/mol. The van der Waals surface area contributed by atoms with Crippen LogP contribution in [0.5, 0.6) is 0 Å². The van der Waals surface area contributed by atoms with E-state index in [1.807, 2.05) is 35.9 Å². The minimum atomic E-state index is -3.94. The van der Waals surface area contributed by atoms with Crippen LogP contribution < -0.4 is 14.9 Å². The molecule has 0 saturated carbocycles. The second-order valence-electron chi connectivity index (χ2n) is 6.93. The molecular formula is C20H22N4O5S. The molecule has 158 valence electrons. The number of hydrogen-bond donors (Lipinski definition) is 2. The molecular weight excluding hydrogens is 408 g/mol. The SMILES string of the molecule is CC(=O)NS(=O)(=O)c1ccc(NC(=O)CN2CCN(c3ccc(C)cc3)C2=O)cc1. The number of urea groups is 1. The quantitative estimate of drug-likeness (QED) is 0.724. The van der Waals surface area contributed by atoms with Gasteiger partial charge in [0, 0.05) is 31.4 Å². The number of rotatable bonds is 6. The summed E-state index contributed by atoms with van der Waals surface area (Å²) in [5.41, 5.74) is 2.26. The number of anilines is 2. The third-order valence-electron chi connectivity index (χ3n) is 4.50. The highest BCUT2D eigenvalue weighted by atomic mass is 32.2. The topological polar surface area (TPSA) is 116 Å². The lowest BCUT2D eigenvalue weighted by atomic mass is 10.2. The predicted molar refractivity (Wildman–Crippen MR) is 112 cm³/mol. The Morgan fingerprint density at radius 1 is 1.00 bits per heavy atom. The van der Waals surface area contributed by atoms with E-state index in [0.717, 1.165) is 18.2 Å². The summed E-state index contributed by atoms with van der Waals surface area (Å²) in [7, 11) is -3.94. The first-order valence-electron chi connectivity index (χ1n) is 9.22. The van der Waals surface area contributed by atoms with E-state index in [1.165, 1.54) is 29.2 Å². The van der Waals surface area contributed by atoms with Crippen LogP contribution in [-0.4, -0.2) is 50.8 Å². The average molecular weight is 430 g/mol. The third kappa shape index (κ3) is 4.95. The van der Waals surface area contributed by atoms with Crippen molar-refractivity contribution in [1.82, 2.24) is 9.62 Å². The van der Waals surface area contributed by atoms with Crippen LogP contribution >= 0.6 is 0 Å². The van der Waals surface area contributed by atoms with E-state index in [2.05, 4.69) is 5.32 Å². The molecule has 2 aromatic rings. The molecule has 10 heteroatoms. The minimum absolute atomic E-state index is 0.0980. The predicted octanol–water partition coefficient (Wildman–Crippen LogP) is 1.70. The molecule has 0 unspecified atom stereocenters. The Hall–Kier alpha value is -3.40. The zero-order chi connectivity index (χ0) is 21.9. The van der Waals surface area contributed by atoms with Crippen molar-refractivity contribution >= 4 is 39.2 Å². The summed E-state index contributed by atoms with van der Waals surface area (Å²) in [6.45, 7) is 3.87. The second kappa shape index (κ2) is 8.54. The standard InChI is InChI=1S/C20H22N4O5S/c1-14-3-7-17(8-4-14)24-12-11-23(20(24)27)13-19(26)21-16-5-9-18(10-6-16)30(28,29)22-15(2)25/h3-10H,11-13H2,1-2H3,(H,21,26)(H,22,25). The molecule has 3 rings (SSSR count). The van der Waals surface area contributed by atoms with Crippen LogP contribution in [0.4, 0.5) is 16.2 Å². The number of sulfonamides is 1. The van der Waals surface area contributed by atoms with Gasteiger partial charge in [0.25, 0.3) is 10.0 Å². The first-order chi connectivity index (χ1) is 14.2. The first kappa shape index (κ1) is 21.3. The lowest BCUT2D eigenvalue weighted by Gasteiger charge is -2.18. The molecule has 9 nitrogen and oxygen atoms in total. The highest BCUT2D eigenvalue weighted by molar-refractivity contribution is 7.90. The third-order valence-corrected chi connectivity index (χ3v) is 5.95. The van der Waals surface area contributed by atoms with Crippen LogP contribution in [0.15, 0.2) is 53.4 Å². The van der Waals surface area contributed by atoms with Crippen LogP contribution in [0, 0.1) is 6.92 Å². The minimum Gasteiger partial charge on any atom is -0.325 e. The Balaban J connectivity index is 1.59. The maximum atomic E-state index is 12.6. The van der Waals surface area contributed by atoms with Crippen molar-refractivity contribution < 1.29 is 22.8 Å². The number of aryl methyl sites for hydroxylation is 1. The summed E-state index contributed by atoms with van der Waals surface area (Å²) >= 11 is 0. The van der Waals surface area contributed by atoms with Crippen molar-refractivity contribution in [2.45, 2.75) is 18.7 Å². The molecule has 0 radical (unpaired) electrons. The van der Waals surface area contributed by atoms with Crippen molar-refractivity contribution in [3.05, 3.63) is 54.1 Å². The van der Waals surface area contributed by atoms with Gasteiger partial charge in [-0.05, 0) is 43.3 Å². The Morgan fingerprint density at radius 3 is 2.23 bits per heavy atom. The molecule has 1 aliphatic rings. The van der Waals surface area contributed by atoms with Gasteiger partial charge in [0.15, 0.2) is 0 Å². The van der Waals surface area contributed by atoms with Crippen LogP contribution in [-0.2, 0) is 19.6 Å². The van der Waals surface area contributed by atoms with Crippen LogP contribution in [0.25, 0.3) is 0 Å². The Labute approximate surface area is 174 Å². The van der Waals surface area contributed by atoms with E-state index in [1.54, 1.807) is 4.90 Å². The van der Waals surface area contributed by atoms with E-state index in [4.69, 9.17) is 0 Å². The Morgan fingerprint density at radius 2 is 1.63 bits per heavy atom. The number of carbonyl (C=O) groups is 3. The summed E-state index contributed by atoms with van der Waals surface area (Å²) in [6, 6.07) is 12.7. The molecule has 0 aromatic heterocycles. The first-order valence-corrected chi connectivity index (χ1v) is 10.7. The summed E-state index contributed by atoms with van der Waals surface area (Å²) in [5, 5.41) is 2.64. The number of amides is 4. The van der Waals surface area contributed by atoms with Gasteiger partial charge >= 0.3 is 6.03 Å². The number of nitrogens with zero attached hydrogens (tertiary/aromatic N) is 2. The fourth-order valence-corrected chi connectivity index (χ4v) is 4.02. The fraction of sp³-hybridized carbons (Fsp3) is 0.250. The van der Waals surface area contributed by atoms with E-state index in [9.17, 15) is 22.8 Å². The van der Waals surface area contributed by atoms with Crippen LogP contribution in [0.3, 0.4) is 0 Å². The van der Waals surface area contributed by atoms with Gasteiger partial charge in [0.05, 0.1) is 4.90 Å². The molecule has 0 bridgehead atoms. The maximum absolute atomic E-state index is 12.6. The van der Waals surface area contributed by atoms with Gasteiger partial charge in [-0.3, -0.25) is 14.5 Å². The van der Waals surface area contributed by atoms with Crippen molar-refractivity contribution in [1.29, 1.82) is 0 Å². The molecule has 1 heterocycles. The lowest BCUT2D eigenvalue weighted by Crippen LogP contribution is -2.37. The number of carbonyl (C=O) groups excluding carboxylic acids is 3. The Kier molecular flexibility index (Phi) is 6.06. The molecule has 1 aliphatic heterocycles. The molecule has 0 atom stereocenters. The van der Waals surface area contributed by atoms with Gasteiger partial charge in [-0.15, -0.1) is 0 Å². The largest absolute Gasteiger partial charge is 0.325 e. The summed E-state index contributed by atoms with van der Waals surface area (Å²) < 4.78 is 25.7. The summed E-state index contributed by atoms with van der Waals surface area (Å²) in [4.78, 5) is 38.9. The average Bonchev–Trinajstić information content (AvgIpc) is 3.02. The van der Waals surface area contributed by atoms with Crippen molar-refractivity contribution in [3.63, 3.8) is 0 Å². The molecule has 2 N–H and O–H groups in total. The highest BCUT2D eigenvalue weighted by Crippen LogP contribution is 2.21. The molecule has 0 aliphatic carbocycles. The van der Waals surface area contributed by atoms with E-state index < -0.39 is 21.8 Å². The fourth-order valence-electron chi connectivity index (χ4n) is 3.03. The van der Waals surface area contributed by atoms with Crippen LogP contribution in [0.1, 0.15) is 12.5 Å². The van der Waals surface area contributed by atoms with Crippen molar-refractivity contribution in [2.75, 3.05) is 29.9 Å². The number of hydrogen-bond acceptors (Lipinski definition) is 5. The number of nitrogens with one attached hydrogen (secondary N) is 2. The van der Waals surface area contributed by atoms with Gasteiger partial charge < -0.3 is 10.2 Å². The number of benzene rings is 2. The van der Waals surface area contributed by atoms with E-state index >= 15 is 0 Å². The van der Waals surface area contributed by atoms with Gasteiger partial charge in [-0.25, -0.2) is 17.9 Å². The van der Waals surface area contributed by atoms with Crippen molar-refractivity contribution in [3.8, 4) is 0 Å². The summed E-state index contributed by atoms with van der Waals surface area (Å²) in [6.07, 6.45) is 0. The molecule has 4 amide bonds. The molecule has 1 fully saturated rings. The molecule has 0 spiro atoms. The van der Waals surface area contributed by atoms with Gasteiger partial charge in [-0.1, -0.05) is 17.7 Å². The van der Waals surface area contributed by atoms with Gasteiger partial charge in [0.1, 0.15) is 6.54 Å². The smallest absolute Gasteiger partial charge is 0.325 e. The maximum Gasteiger partial charge on any atom is 0.325 e. The van der Waals surface area contributed by atoms with Gasteiger partial charge in [0.2, 0.25) is 11.8 Å².